The number of methoxy groups -OCH3 is 1. The van der Waals surface area contributed by atoms with E-state index in [2.05, 4.69) is 11.9 Å². The molecule has 0 bridgehead atoms. The van der Waals surface area contributed by atoms with E-state index in [9.17, 15) is 9.59 Å². The van der Waals surface area contributed by atoms with Crippen LogP contribution in [0.25, 0.3) is 0 Å². The van der Waals surface area contributed by atoms with Crippen molar-refractivity contribution < 1.29 is 19.1 Å². The van der Waals surface area contributed by atoms with Crippen LogP contribution in [-0.2, 0) is 14.3 Å². The predicted molar refractivity (Wildman–Crippen MR) is 70.7 cm³/mol. The van der Waals surface area contributed by atoms with Crippen molar-refractivity contribution in [3.8, 4) is 0 Å². The van der Waals surface area contributed by atoms with Gasteiger partial charge in [0.1, 0.15) is 5.60 Å². The van der Waals surface area contributed by atoms with E-state index < -0.39 is 11.7 Å². The van der Waals surface area contributed by atoms with Gasteiger partial charge in [0.15, 0.2) is 0 Å². The van der Waals surface area contributed by atoms with Crippen LogP contribution >= 0.6 is 0 Å². The van der Waals surface area contributed by atoms with Crippen LogP contribution in [0, 0.1) is 0 Å². The third kappa shape index (κ3) is 4.55. The topological polar surface area (TPSA) is 67.9 Å². The van der Waals surface area contributed by atoms with Crippen molar-refractivity contribution in [3.05, 3.63) is 12.7 Å². The van der Waals surface area contributed by atoms with Crippen LogP contribution < -0.4 is 5.32 Å². The third-order valence-corrected chi connectivity index (χ3v) is 2.73. The second-order valence-corrected chi connectivity index (χ2v) is 5.48. The van der Waals surface area contributed by atoms with Crippen LogP contribution in [0.5, 0.6) is 0 Å². The molecular weight excluding hydrogens is 248 g/mol. The van der Waals surface area contributed by atoms with E-state index in [-0.39, 0.29) is 18.1 Å². The molecule has 0 spiro atoms. The van der Waals surface area contributed by atoms with E-state index in [1.54, 1.807) is 7.11 Å². The first-order valence-electron chi connectivity index (χ1n) is 6.20. The number of nitrogens with one attached hydrogen (secondary N) is 1. The Morgan fingerprint density at radius 3 is 2.47 bits per heavy atom. The first-order chi connectivity index (χ1) is 8.76. The number of carbonyl (C=O) groups excluding carboxylic acids is 2. The highest BCUT2D eigenvalue weighted by Crippen LogP contribution is 2.17. The zero-order valence-corrected chi connectivity index (χ0v) is 11.9. The van der Waals surface area contributed by atoms with Gasteiger partial charge in [-0.15, -0.1) is 0 Å². The van der Waals surface area contributed by atoms with E-state index in [1.807, 2.05) is 20.8 Å². The Balaban J connectivity index is 2.63. The summed E-state index contributed by atoms with van der Waals surface area (Å²) in [5.74, 6) is -0.280. The monoisotopic (exact) mass is 270 g/mol. The van der Waals surface area contributed by atoms with Crippen LogP contribution in [0.3, 0.4) is 0 Å². The quantitative estimate of drug-likeness (QED) is 0.774. The largest absolute Gasteiger partial charge is 0.444 e. The van der Waals surface area contributed by atoms with Gasteiger partial charge >= 0.3 is 6.09 Å². The number of carbonyl (C=O) groups is 2. The molecular formula is C13H22N2O4. The fourth-order valence-corrected chi connectivity index (χ4v) is 1.87. The van der Waals surface area contributed by atoms with Crippen molar-refractivity contribution in [1.29, 1.82) is 0 Å². The lowest BCUT2D eigenvalue weighted by molar-refractivity contribution is -0.117. The van der Waals surface area contributed by atoms with Gasteiger partial charge in [0.25, 0.3) is 0 Å². The van der Waals surface area contributed by atoms with Crippen molar-refractivity contribution in [2.24, 2.45) is 0 Å². The molecule has 1 fully saturated rings. The van der Waals surface area contributed by atoms with Gasteiger partial charge in [0.2, 0.25) is 5.91 Å². The lowest BCUT2D eigenvalue weighted by atomic mass is 10.2. The van der Waals surface area contributed by atoms with Crippen LogP contribution in [0.1, 0.15) is 20.8 Å². The summed E-state index contributed by atoms with van der Waals surface area (Å²) >= 11 is 0. The smallest absolute Gasteiger partial charge is 0.410 e. The second-order valence-electron chi connectivity index (χ2n) is 5.48. The van der Waals surface area contributed by atoms with Gasteiger partial charge in [-0.2, -0.15) is 0 Å². The Bertz CT molecular complexity index is 362. The summed E-state index contributed by atoms with van der Waals surface area (Å²) in [6.45, 7) is 9.60. The summed E-state index contributed by atoms with van der Waals surface area (Å²) in [6, 6.07) is -0.247. The number of nitrogens with zero attached hydrogens (tertiary/aromatic N) is 1. The number of likely N-dealkylation sites (tertiary alicyclic amines) is 1. The van der Waals surface area contributed by atoms with Gasteiger partial charge < -0.3 is 19.7 Å². The highest BCUT2D eigenvalue weighted by atomic mass is 16.6. The molecule has 2 amide bonds. The Morgan fingerprint density at radius 2 is 2.00 bits per heavy atom. The summed E-state index contributed by atoms with van der Waals surface area (Å²) < 4.78 is 10.6. The molecule has 0 radical (unpaired) electrons. The number of ether oxygens (including phenoxy) is 2. The lowest BCUT2D eigenvalue weighted by Gasteiger charge is -2.24. The average molecular weight is 270 g/mol. The first kappa shape index (κ1) is 15.5. The molecule has 0 aromatic rings. The maximum Gasteiger partial charge on any atom is 0.410 e. The van der Waals surface area contributed by atoms with Gasteiger partial charge in [0.05, 0.1) is 18.7 Å². The molecule has 19 heavy (non-hydrogen) atoms. The maximum absolute atomic E-state index is 11.9. The van der Waals surface area contributed by atoms with Crippen LogP contribution in [0.15, 0.2) is 12.7 Å². The first-order valence-corrected chi connectivity index (χ1v) is 6.20. The molecule has 1 aliphatic heterocycles. The van der Waals surface area contributed by atoms with Gasteiger partial charge in [-0.05, 0) is 26.8 Å². The molecule has 1 rings (SSSR count). The molecule has 108 valence electrons. The minimum Gasteiger partial charge on any atom is -0.444 e. The Hall–Kier alpha value is -1.56. The van der Waals surface area contributed by atoms with E-state index in [0.717, 1.165) is 0 Å². The van der Waals surface area contributed by atoms with E-state index in [1.165, 1.54) is 11.0 Å². The van der Waals surface area contributed by atoms with Gasteiger partial charge in [-0.25, -0.2) is 4.79 Å². The summed E-state index contributed by atoms with van der Waals surface area (Å²) in [5, 5.41) is 2.75. The molecule has 6 heteroatoms. The van der Waals surface area contributed by atoms with Crippen LogP contribution in [0.4, 0.5) is 4.79 Å². The Morgan fingerprint density at radius 1 is 1.37 bits per heavy atom. The molecule has 0 aliphatic carbocycles. The van der Waals surface area contributed by atoms with Crippen molar-refractivity contribution in [2.75, 3.05) is 20.2 Å². The fraction of sp³-hybridized carbons (Fsp3) is 0.692. The van der Waals surface area contributed by atoms with Gasteiger partial charge in [-0.3, -0.25) is 4.79 Å². The lowest BCUT2D eigenvalue weighted by Crippen LogP contribution is -2.43. The number of rotatable bonds is 3. The highest BCUT2D eigenvalue weighted by molar-refractivity contribution is 5.87. The normalized spacial score (nSPS) is 23.1. The maximum atomic E-state index is 11.9. The molecule has 0 unspecified atom stereocenters. The Labute approximate surface area is 113 Å². The zero-order chi connectivity index (χ0) is 14.6. The van der Waals surface area contributed by atoms with Crippen molar-refractivity contribution in [1.82, 2.24) is 10.2 Å². The minimum atomic E-state index is -0.540. The number of hydrogen-bond acceptors (Lipinski definition) is 4. The summed E-state index contributed by atoms with van der Waals surface area (Å²) in [7, 11) is 1.55. The van der Waals surface area contributed by atoms with Crippen molar-refractivity contribution in [2.45, 2.75) is 38.5 Å². The molecule has 6 nitrogen and oxygen atoms in total. The summed E-state index contributed by atoms with van der Waals surface area (Å²) in [5.41, 5.74) is -0.540. The SMILES string of the molecule is C=CC(=O)N[C@@H]1CN(C(=O)OC(C)(C)C)C[C@H]1OC. The van der Waals surface area contributed by atoms with Crippen molar-refractivity contribution >= 4 is 12.0 Å². The van der Waals surface area contributed by atoms with E-state index in [4.69, 9.17) is 9.47 Å². The molecule has 0 saturated carbocycles. The fourth-order valence-electron chi connectivity index (χ4n) is 1.87. The zero-order valence-electron chi connectivity index (χ0n) is 11.9. The summed E-state index contributed by atoms with van der Waals surface area (Å²) in [4.78, 5) is 24.8. The van der Waals surface area contributed by atoms with Crippen LogP contribution in [-0.4, -0.2) is 54.8 Å². The second kappa shape index (κ2) is 6.06. The van der Waals surface area contributed by atoms with Crippen molar-refractivity contribution in [3.63, 3.8) is 0 Å². The van der Waals surface area contributed by atoms with E-state index >= 15 is 0 Å². The third-order valence-electron chi connectivity index (χ3n) is 2.73. The average Bonchev–Trinajstić information content (AvgIpc) is 2.69. The minimum absolute atomic E-state index is 0.239. The molecule has 0 aromatic carbocycles. The van der Waals surface area contributed by atoms with Gasteiger partial charge in [-0.1, -0.05) is 6.58 Å². The van der Waals surface area contributed by atoms with Gasteiger partial charge in [0, 0.05) is 13.7 Å². The predicted octanol–water partition coefficient (Wildman–Crippen LogP) is 0.923. The highest BCUT2D eigenvalue weighted by Gasteiger charge is 2.37. The molecule has 0 aromatic heterocycles. The number of hydrogen-bond donors (Lipinski definition) is 1. The molecule has 1 aliphatic rings. The summed E-state index contributed by atoms with van der Waals surface area (Å²) in [6.07, 6.45) is 0.560. The Kier molecular flexibility index (Phi) is 4.94. The molecule has 2 atom stereocenters. The molecule has 1 N–H and O–H groups in total. The van der Waals surface area contributed by atoms with E-state index in [0.29, 0.717) is 13.1 Å². The van der Waals surface area contributed by atoms with Crippen LogP contribution in [0.2, 0.25) is 0 Å². The standard InChI is InChI=1S/C13H22N2O4/c1-6-11(16)14-9-7-15(8-10(9)18-5)12(17)19-13(2,3)4/h6,9-10H,1,7-8H2,2-5H3,(H,14,16)/t9-,10-/m1/s1. The molecule has 1 saturated heterocycles. The number of amides is 2. The molecule has 1 heterocycles.